The first-order chi connectivity index (χ1) is 8.79. The Kier molecular flexibility index (Phi) is 3.96. The second-order valence-electron chi connectivity index (χ2n) is 3.88. The van der Waals surface area contributed by atoms with Gasteiger partial charge in [0.05, 0.1) is 5.69 Å². The smallest absolute Gasteiger partial charge is 0.319 e. The minimum Gasteiger partial charge on any atom is -0.338 e. The average Bonchev–Trinajstić information content (AvgIpc) is 2.91. The van der Waals surface area contributed by atoms with Gasteiger partial charge in [0, 0.05) is 24.6 Å². The molecule has 0 fully saturated rings. The number of hydrogen-bond acceptors (Lipinski definition) is 2. The van der Waals surface area contributed by atoms with Gasteiger partial charge in [-0.05, 0) is 36.8 Å². The van der Waals surface area contributed by atoms with Crippen molar-refractivity contribution in [3.63, 3.8) is 0 Å². The van der Waals surface area contributed by atoms with Gasteiger partial charge >= 0.3 is 6.03 Å². The standard InChI is InChI=1S/C13H16N4O/c1-2-8-14-13(18)16-11-4-6-12(7-5-11)17-10-3-9-15-17/h3-7,9-10H,2,8H2,1H3,(H2,14,16,18). The lowest BCUT2D eigenvalue weighted by Crippen LogP contribution is -2.29. The Hall–Kier alpha value is -2.30. The quantitative estimate of drug-likeness (QED) is 0.867. The molecule has 0 atom stereocenters. The van der Waals surface area contributed by atoms with Crippen LogP contribution < -0.4 is 10.6 Å². The number of urea groups is 1. The number of hydrogen-bond donors (Lipinski definition) is 2. The van der Waals surface area contributed by atoms with Gasteiger partial charge in [-0.15, -0.1) is 0 Å². The van der Waals surface area contributed by atoms with Crippen LogP contribution in [-0.2, 0) is 0 Å². The zero-order valence-corrected chi connectivity index (χ0v) is 10.3. The van der Waals surface area contributed by atoms with Crippen LogP contribution in [0.2, 0.25) is 0 Å². The average molecular weight is 244 g/mol. The first-order valence-corrected chi connectivity index (χ1v) is 5.94. The van der Waals surface area contributed by atoms with Crippen LogP contribution in [0.5, 0.6) is 0 Å². The van der Waals surface area contributed by atoms with E-state index in [1.54, 1.807) is 10.9 Å². The topological polar surface area (TPSA) is 59.0 Å². The van der Waals surface area contributed by atoms with Crippen molar-refractivity contribution in [1.82, 2.24) is 15.1 Å². The predicted molar refractivity (Wildman–Crippen MR) is 70.9 cm³/mol. The molecule has 2 amide bonds. The van der Waals surface area contributed by atoms with Crippen molar-refractivity contribution >= 4 is 11.7 Å². The number of amides is 2. The minimum absolute atomic E-state index is 0.177. The normalized spacial score (nSPS) is 10.1. The van der Waals surface area contributed by atoms with Crippen LogP contribution >= 0.6 is 0 Å². The number of benzene rings is 1. The van der Waals surface area contributed by atoms with E-state index in [0.29, 0.717) is 6.54 Å². The summed E-state index contributed by atoms with van der Waals surface area (Å²) in [6.45, 7) is 2.69. The number of aromatic nitrogens is 2. The molecule has 0 aliphatic heterocycles. The molecule has 0 unspecified atom stereocenters. The monoisotopic (exact) mass is 244 g/mol. The third-order valence-corrected chi connectivity index (χ3v) is 2.43. The maximum Gasteiger partial charge on any atom is 0.319 e. The summed E-state index contributed by atoms with van der Waals surface area (Å²) in [5.41, 5.74) is 1.72. The maximum absolute atomic E-state index is 11.4. The lowest BCUT2D eigenvalue weighted by molar-refractivity contribution is 0.252. The SMILES string of the molecule is CCCNC(=O)Nc1ccc(-n2cccn2)cc1. The lowest BCUT2D eigenvalue weighted by atomic mass is 10.3. The van der Waals surface area contributed by atoms with Gasteiger partial charge in [-0.1, -0.05) is 6.92 Å². The van der Waals surface area contributed by atoms with Gasteiger partial charge in [-0.3, -0.25) is 0 Å². The van der Waals surface area contributed by atoms with Crippen molar-refractivity contribution in [1.29, 1.82) is 0 Å². The summed E-state index contributed by atoms with van der Waals surface area (Å²) >= 11 is 0. The Balaban J connectivity index is 1.98. The Morgan fingerprint density at radius 2 is 2.11 bits per heavy atom. The van der Waals surface area contributed by atoms with Gasteiger partial charge in [0.1, 0.15) is 0 Å². The highest BCUT2D eigenvalue weighted by molar-refractivity contribution is 5.89. The number of carbonyl (C=O) groups excluding carboxylic acids is 1. The molecule has 0 spiro atoms. The Morgan fingerprint density at radius 3 is 2.72 bits per heavy atom. The van der Waals surface area contributed by atoms with E-state index in [4.69, 9.17) is 0 Å². The zero-order valence-electron chi connectivity index (χ0n) is 10.3. The highest BCUT2D eigenvalue weighted by Gasteiger charge is 2.01. The van der Waals surface area contributed by atoms with Gasteiger partial charge < -0.3 is 10.6 Å². The number of rotatable bonds is 4. The second-order valence-corrected chi connectivity index (χ2v) is 3.88. The highest BCUT2D eigenvalue weighted by atomic mass is 16.2. The van der Waals surface area contributed by atoms with E-state index in [1.807, 2.05) is 43.5 Å². The third-order valence-electron chi connectivity index (χ3n) is 2.43. The van der Waals surface area contributed by atoms with Crippen molar-refractivity contribution in [2.45, 2.75) is 13.3 Å². The molecule has 1 aromatic carbocycles. The van der Waals surface area contributed by atoms with Crippen LogP contribution in [0.4, 0.5) is 10.5 Å². The van der Waals surface area contributed by atoms with Crippen LogP contribution in [0.25, 0.3) is 5.69 Å². The molecule has 1 aromatic heterocycles. The summed E-state index contributed by atoms with van der Waals surface area (Å²) in [6, 6.07) is 9.20. The highest BCUT2D eigenvalue weighted by Crippen LogP contribution is 2.12. The molecule has 18 heavy (non-hydrogen) atoms. The lowest BCUT2D eigenvalue weighted by Gasteiger charge is -2.07. The van der Waals surface area contributed by atoms with Gasteiger partial charge in [0.15, 0.2) is 0 Å². The molecule has 2 aromatic rings. The number of nitrogens with one attached hydrogen (secondary N) is 2. The summed E-state index contributed by atoms with van der Waals surface area (Å²) < 4.78 is 1.76. The molecule has 0 saturated carbocycles. The Morgan fingerprint density at radius 1 is 1.33 bits per heavy atom. The van der Waals surface area contributed by atoms with Crippen LogP contribution in [0, 0.1) is 0 Å². The van der Waals surface area contributed by atoms with Gasteiger partial charge in [-0.2, -0.15) is 5.10 Å². The fraction of sp³-hybridized carbons (Fsp3) is 0.231. The Bertz CT molecular complexity index is 490. The Labute approximate surface area is 106 Å². The van der Waals surface area contributed by atoms with Crippen molar-refractivity contribution in [3.8, 4) is 5.69 Å². The first kappa shape index (κ1) is 12.2. The number of anilines is 1. The van der Waals surface area contributed by atoms with E-state index < -0.39 is 0 Å². The molecule has 1 heterocycles. The van der Waals surface area contributed by atoms with Crippen molar-refractivity contribution < 1.29 is 4.79 Å². The molecule has 0 aliphatic carbocycles. The van der Waals surface area contributed by atoms with Crippen LogP contribution in [0.3, 0.4) is 0 Å². The molecule has 0 saturated heterocycles. The third kappa shape index (κ3) is 3.10. The molecular formula is C13H16N4O. The summed E-state index contributed by atoms with van der Waals surface area (Å²) in [5, 5.41) is 9.66. The number of nitrogens with zero attached hydrogens (tertiary/aromatic N) is 2. The van der Waals surface area contributed by atoms with E-state index in [0.717, 1.165) is 17.8 Å². The molecule has 0 radical (unpaired) electrons. The van der Waals surface area contributed by atoms with Crippen LogP contribution in [-0.4, -0.2) is 22.4 Å². The summed E-state index contributed by atoms with van der Waals surface area (Å²) in [7, 11) is 0. The number of carbonyl (C=O) groups is 1. The molecule has 94 valence electrons. The first-order valence-electron chi connectivity index (χ1n) is 5.94. The molecule has 2 N–H and O–H groups in total. The fourth-order valence-corrected chi connectivity index (χ4v) is 1.53. The fourth-order valence-electron chi connectivity index (χ4n) is 1.53. The van der Waals surface area contributed by atoms with E-state index in [9.17, 15) is 4.79 Å². The van der Waals surface area contributed by atoms with Gasteiger partial charge in [0.2, 0.25) is 0 Å². The minimum atomic E-state index is -0.177. The predicted octanol–water partition coefficient (Wildman–Crippen LogP) is 2.40. The second kappa shape index (κ2) is 5.86. The van der Waals surface area contributed by atoms with Gasteiger partial charge in [-0.25, -0.2) is 9.48 Å². The van der Waals surface area contributed by atoms with E-state index in [-0.39, 0.29) is 6.03 Å². The zero-order chi connectivity index (χ0) is 12.8. The summed E-state index contributed by atoms with van der Waals surface area (Å²) in [6.07, 6.45) is 4.52. The van der Waals surface area contributed by atoms with Gasteiger partial charge in [0.25, 0.3) is 0 Å². The molecule has 2 rings (SSSR count). The molecular weight excluding hydrogens is 228 g/mol. The van der Waals surface area contributed by atoms with Crippen LogP contribution in [0.1, 0.15) is 13.3 Å². The molecule has 5 heteroatoms. The van der Waals surface area contributed by atoms with Crippen LogP contribution in [0.15, 0.2) is 42.7 Å². The largest absolute Gasteiger partial charge is 0.338 e. The molecule has 0 aliphatic rings. The van der Waals surface area contributed by atoms with Crippen molar-refractivity contribution in [2.75, 3.05) is 11.9 Å². The van der Waals surface area contributed by atoms with E-state index >= 15 is 0 Å². The van der Waals surface area contributed by atoms with E-state index in [1.165, 1.54) is 0 Å². The summed E-state index contributed by atoms with van der Waals surface area (Å²) in [4.78, 5) is 11.4. The maximum atomic E-state index is 11.4. The van der Waals surface area contributed by atoms with E-state index in [2.05, 4.69) is 15.7 Å². The van der Waals surface area contributed by atoms with Crippen molar-refractivity contribution in [2.24, 2.45) is 0 Å². The summed E-state index contributed by atoms with van der Waals surface area (Å²) in [5.74, 6) is 0. The van der Waals surface area contributed by atoms with Crippen molar-refractivity contribution in [3.05, 3.63) is 42.7 Å². The molecule has 5 nitrogen and oxygen atoms in total. The molecule has 0 bridgehead atoms.